The predicted molar refractivity (Wildman–Crippen MR) is 157 cm³/mol. The molecule has 0 aliphatic carbocycles. The van der Waals surface area contributed by atoms with Gasteiger partial charge in [-0.1, -0.05) is 17.6 Å². The van der Waals surface area contributed by atoms with E-state index in [1.165, 1.54) is 0 Å². The summed E-state index contributed by atoms with van der Waals surface area (Å²) < 4.78 is 58.8. The first-order valence-electron chi connectivity index (χ1n) is 14.2. The van der Waals surface area contributed by atoms with E-state index in [0.717, 1.165) is 11.5 Å². The first-order chi connectivity index (χ1) is 19.8. The number of halogens is 3. The van der Waals surface area contributed by atoms with Crippen molar-refractivity contribution in [3.05, 3.63) is 59.4 Å². The number of carbonyl (C=O) groups excluding carboxylic acids is 2. The molecule has 235 valence electrons. The van der Waals surface area contributed by atoms with Crippen LogP contribution in [0.2, 0.25) is 0 Å². The fourth-order valence-corrected chi connectivity index (χ4v) is 4.20. The maximum atomic E-state index is 14.4. The molecule has 43 heavy (non-hydrogen) atoms. The normalized spacial score (nSPS) is 16.5. The van der Waals surface area contributed by atoms with Gasteiger partial charge in [0.2, 0.25) is 5.91 Å². The summed E-state index contributed by atoms with van der Waals surface area (Å²) in [5.41, 5.74) is -2.05. The summed E-state index contributed by atoms with van der Waals surface area (Å²) >= 11 is 0. The SMILES string of the molecule is CC(C)(C)OC(=O)N[C@@H](CC(=O)N1CCC(Oc2ccc([B]OC(C)(C)C(C)(C)O)cc2)C1)Cc1cc(F)c(F)cc1F. The third-order valence-electron chi connectivity index (χ3n) is 7.34. The second-order valence-electron chi connectivity index (χ2n) is 12.9. The van der Waals surface area contributed by atoms with E-state index >= 15 is 0 Å². The number of nitrogens with one attached hydrogen (secondary N) is 1. The third-order valence-corrected chi connectivity index (χ3v) is 7.34. The van der Waals surface area contributed by atoms with Crippen LogP contribution in [0, 0.1) is 17.5 Å². The quantitative estimate of drug-likeness (QED) is 0.291. The zero-order valence-corrected chi connectivity index (χ0v) is 25.8. The minimum absolute atomic E-state index is 0.176. The molecule has 12 heteroatoms. The van der Waals surface area contributed by atoms with E-state index in [1.54, 1.807) is 73.0 Å². The van der Waals surface area contributed by atoms with Crippen LogP contribution in [-0.2, 0) is 20.6 Å². The summed E-state index contributed by atoms with van der Waals surface area (Å²) in [5, 5.41) is 12.8. The Morgan fingerprint density at radius 1 is 1.02 bits per heavy atom. The van der Waals surface area contributed by atoms with Gasteiger partial charge in [-0.05, 0) is 78.6 Å². The van der Waals surface area contributed by atoms with Crippen molar-refractivity contribution in [2.45, 2.75) is 96.7 Å². The number of benzene rings is 2. The Hall–Kier alpha value is -3.25. The van der Waals surface area contributed by atoms with E-state index in [2.05, 4.69) is 5.32 Å². The Morgan fingerprint density at radius 3 is 2.26 bits per heavy atom. The predicted octanol–water partition coefficient (Wildman–Crippen LogP) is 4.42. The molecular weight excluding hydrogens is 564 g/mol. The summed E-state index contributed by atoms with van der Waals surface area (Å²) in [5.74, 6) is -3.24. The molecule has 2 aromatic carbocycles. The lowest BCUT2D eigenvalue weighted by Gasteiger charge is -2.37. The highest BCUT2D eigenvalue weighted by Gasteiger charge is 2.36. The van der Waals surface area contributed by atoms with E-state index in [1.807, 2.05) is 12.1 Å². The molecule has 1 saturated heterocycles. The van der Waals surface area contributed by atoms with Crippen LogP contribution >= 0.6 is 0 Å². The molecule has 1 aliphatic heterocycles. The second-order valence-corrected chi connectivity index (χ2v) is 12.9. The van der Waals surface area contributed by atoms with E-state index in [9.17, 15) is 27.9 Å². The van der Waals surface area contributed by atoms with Crippen molar-refractivity contribution < 1.29 is 42.0 Å². The number of aliphatic hydroxyl groups is 1. The molecule has 1 fully saturated rings. The highest BCUT2D eigenvalue weighted by molar-refractivity contribution is 6.47. The lowest BCUT2D eigenvalue weighted by atomic mass is 9.82. The Kier molecular flexibility index (Phi) is 10.8. The number of amides is 2. The molecule has 0 spiro atoms. The van der Waals surface area contributed by atoms with Crippen molar-refractivity contribution >= 4 is 24.9 Å². The van der Waals surface area contributed by atoms with Crippen molar-refractivity contribution in [2.75, 3.05) is 13.1 Å². The number of alkyl carbamates (subject to hydrolysis) is 1. The van der Waals surface area contributed by atoms with Crippen LogP contribution in [0.25, 0.3) is 0 Å². The molecule has 0 aromatic heterocycles. The summed E-state index contributed by atoms with van der Waals surface area (Å²) in [7, 11) is 1.58. The van der Waals surface area contributed by atoms with Crippen LogP contribution in [0.1, 0.15) is 66.9 Å². The fourth-order valence-electron chi connectivity index (χ4n) is 4.20. The molecule has 1 heterocycles. The first-order valence-corrected chi connectivity index (χ1v) is 14.2. The van der Waals surface area contributed by atoms with Crippen LogP contribution in [0.3, 0.4) is 0 Å². The minimum atomic E-state index is -1.33. The van der Waals surface area contributed by atoms with Gasteiger partial charge in [-0.2, -0.15) is 0 Å². The van der Waals surface area contributed by atoms with Crippen molar-refractivity contribution in [1.82, 2.24) is 10.2 Å². The first kappa shape index (κ1) is 34.2. The third kappa shape index (κ3) is 10.2. The molecule has 0 bridgehead atoms. The largest absolute Gasteiger partial charge is 0.489 e. The Bertz CT molecular complexity index is 1280. The lowest BCUT2D eigenvalue weighted by molar-refractivity contribution is -0.130. The smallest absolute Gasteiger partial charge is 0.407 e. The summed E-state index contributed by atoms with van der Waals surface area (Å²) in [6, 6.07) is 7.43. The average molecular weight is 605 g/mol. The zero-order valence-electron chi connectivity index (χ0n) is 25.8. The van der Waals surface area contributed by atoms with Crippen LogP contribution in [-0.4, -0.2) is 71.5 Å². The number of carbonyl (C=O) groups is 2. The number of likely N-dealkylation sites (tertiary alicyclic amines) is 1. The Balaban J connectivity index is 1.59. The van der Waals surface area contributed by atoms with Gasteiger partial charge in [0.05, 0.1) is 17.7 Å². The molecule has 0 saturated carbocycles. The zero-order chi connectivity index (χ0) is 32.2. The molecule has 8 nitrogen and oxygen atoms in total. The highest BCUT2D eigenvalue weighted by atomic mass is 19.2. The number of nitrogens with zero attached hydrogens (tertiary/aromatic N) is 1. The van der Waals surface area contributed by atoms with Crippen molar-refractivity contribution in [1.29, 1.82) is 0 Å². The maximum Gasteiger partial charge on any atom is 0.407 e. The molecular formula is C31H41BF3N2O6. The highest BCUT2D eigenvalue weighted by Crippen LogP contribution is 2.25. The van der Waals surface area contributed by atoms with E-state index < -0.39 is 46.4 Å². The van der Waals surface area contributed by atoms with Gasteiger partial charge in [0.15, 0.2) is 11.6 Å². The van der Waals surface area contributed by atoms with Gasteiger partial charge in [0.1, 0.15) is 23.3 Å². The summed E-state index contributed by atoms with van der Waals surface area (Å²) in [6.45, 7) is 12.7. The monoisotopic (exact) mass is 605 g/mol. The molecule has 2 N–H and O–H groups in total. The van der Waals surface area contributed by atoms with Gasteiger partial charge in [0.25, 0.3) is 0 Å². The van der Waals surface area contributed by atoms with Crippen molar-refractivity contribution in [3.8, 4) is 5.75 Å². The van der Waals surface area contributed by atoms with E-state index in [4.69, 9.17) is 14.1 Å². The molecule has 2 aromatic rings. The van der Waals surface area contributed by atoms with E-state index in [-0.39, 0.29) is 30.4 Å². The summed E-state index contributed by atoms with van der Waals surface area (Å²) in [6.07, 6.45) is -0.974. The standard InChI is InChI=1S/C31H41BF3N2O6/c1-29(2,3)42-28(39)36-21(14-19-15-25(34)26(35)17-24(19)33)16-27(38)37-13-12-23(18-37)41-22-10-8-20(9-11-22)32-43-31(6,7)30(4,5)40/h8-11,15,17,21,23,40H,12-14,16,18H2,1-7H3,(H,36,39)/t21-,23?/m1/s1. The van der Waals surface area contributed by atoms with Gasteiger partial charge < -0.3 is 29.5 Å². The van der Waals surface area contributed by atoms with E-state index in [0.29, 0.717) is 31.3 Å². The van der Waals surface area contributed by atoms with Crippen LogP contribution < -0.4 is 15.5 Å². The topological polar surface area (TPSA) is 97.3 Å². The van der Waals surface area contributed by atoms with Gasteiger partial charge in [-0.15, -0.1) is 0 Å². The number of hydrogen-bond acceptors (Lipinski definition) is 6. The summed E-state index contributed by atoms with van der Waals surface area (Å²) in [4.78, 5) is 27.2. The van der Waals surface area contributed by atoms with Crippen molar-refractivity contribution in [2.24, 2.45) is 0 Å². The number of rotatable bonds is 11. The van der Waals surface area contributed by atoms with Gasteiger partial charge in [-0.25, -0.2) is 18.0 Å². The van der Waals surface area contributed by atoms with Gasteiger partial charge in [-0.3, -0.25) is 4.79 Å². The second kappa shape index (κ2) is 13.6. The molecule has 1 aliphatic rings. The van der Waals surface area contributed by atoms with Crippen LogP contribution in [0.4, 0.5) is 18.0 Å². The molecule has 2 amide bonds. The number of hydrogen-bond donors (Lipinski definition) is 2. The molecule has 3 rings (SSSR count). The Morgan fingerprint density at radius 2 is 1.65 bits per heavy atom. The number of ether oxygens (including phenoxy) is 2. The fraction of sp³-hybridized carbons (Fsp3) is 0.548. The lowest BCUT2D eigenvalue weighted by Crippen LogP contribution is -2.49. The minimum Gasteiger partial charge on any atom is -0.489 e. The van der Waals surface area contributed by atoms with Crippen LogP contribution in [0.15, 0.2) is 36.4 Å². The van der Waals surface area contributed by atoms with Crippen molar-refractivity contribution in [3.63, 3.8) is 0 Å². The van der Waals surface area contributed by atoms with Gasteiger partial charge >= 0.3 is 13.6 Å². The maximum absolute atomic E-state index is 14.4. The Labute approximate surface area is 252 Å². The van der Waals surface area contributed by atoms with Gasteiger partial charge in [0, 0.05) is 31.5 Å². The average Bonchev–Trinajstić information content (AvgIpc) is 3.33. The molecule has 2 atom stereocenters. The molecule has 1 unspecified atom stereocenters. The molecule has 1 radical (unpaired) electrons. The van der Waals surface area contributed by atoms with Crippen LogP contribution in [0.5, 0.6) is 5.75 Å².